The molecule has 1 fully saturated rings. The Hall–Kier alpha value is -0.670. The van der Waals surface area contributed by atoms with Gasteiger partial charge in [-0.15, -0.1) is 11.8 Å². The third-order valence-corrected chi connectivity index (χ3v) is 3.84. The molecule has 0 radical (unpaired) electrons. The Morgan fingerprint density at radius 1 is 1.25 bits per heavy atom. The van der Waals surface area contributed by atoms with E-state index in [4.69, 9.17) is 4.74 Å². The summed E-state index contributed by atoms with van der Waals surface area (Å²) >= 11 is 1.72. The van der Waals surface area contributed by atoms with Crippen molar-refractivity contribution in [1.82, 2.24) is 0 Å². The summed E-state index contributed by atoms with van der Waals surface area (Å²) in [4.78, 5) is 1.23. The van der Waals surface area contributed by atoms with Crippen LogP contribution < -0.4 is 4.74 Å². The molecular weight excluding hydrogens is 220 g/mol. The Bertz CT molecular complexity index is 328. The lowest BCUT2D eigenvalue weighted by molar-refractivity contribution is 0.00139. The largest absolute Gasteiger partial charge is 0.491 e. The van der Waals surface area contributed by atoms with Crippen molar-refractivity contribution in [1.29, 1.82) is 0 Å². The molecule has 0 spiro atoms. The minimum absolute atomic E-state index is 0.422. The summed E-state index contributed by atoms with van der Waals surface area (Å²) < 4.78 is 5.63. The van der Waals surface area contributed by atoms with E-state index in [1.54, 1.807) is 11.8 Å². The van der Waals surface area contributed by atoms with Crippen LogP contribution in [-0.4, -0.2) is 23.6 Å². The van der Waals surface area contributed by atoms with Gasteiger partial charge in [0.15, 0.2) is 0 Å². The number of benzene rings is 1. The van der Waals surface area contributed by atoms with E-state index in [0.29, 0.717) is 6.61 Å². The summed E-state index contributed by atoms with van der Waals surface area (Å²) in [5.41, 5.74) is -0.585. The van der Waals surface area contributed by atoms with Crippen LogP contribution in [0.5, 0.6) is 5.75 Å². The fourth-order valence-corrected chi connectivity index (χ4v) is 2.48. The van der Waals surface area contributed by atoms with Gasteiger partial charge in [-0.1, -0.05) is 12.8 Å². The second-order valence-electron chi connectivity index (χ2n) is 4.40. The highest BCUT2D eigenvalue weighted by molar-refractivity contribution is 7.98. The molecule has 2 nitrogen and oxygen atoms in total. The van der Waals surface area contributed by atoms with Gasteiger partial charge in [-0.3, -0.25) is 0 Å². The van der Waals surface area contributed by atoms with Gasteiger partial charge < -0.3 is 9.84 Å². The van der Waals surface area contributed by atoms with Crippen LogP contribution in [0.1, 0.15) is 25.7 Å². The van der Waals surface area contributed by atoms with Crippen LogP contribution in [-0.2, 0) is 0 Å². The summed E-state index contributed by atoms with van der Waals surface area (Å²) in [6.45, 7) is 0.422. The first-order chi connectivity index (χ1) is 7.72. The van der Waals surface area contributed by atoms with E-state index >= 15 is 0 Å². The predicted octanol–water partition coefficient (Wildman–Crippen LogP) is 3.09. The van der Waals surface area contributed by atoms with E-state index in [1.165, 1.54) is 4.90 Å². The van der Waals surface area contributed by atoms with Crippen molar-refractivity contribution in [3.8, 4) is 5.75 Å². The summed E-state index contributed by atoms with van der Waals surface area (Å²) in [7, 11) is 0. The molecule has 1 aromatic carbocycles. The smallest absolute Gasteiger partial charge is 0.119 e. The van der Waals surface area contributed by atoms with Crippen molar-refractivity contribution in [2.45, 2.75) is 36.2 Å². The van der Waals surface area contributed by atoms with Crippen LogP contribution >= 0.6 is 11.8 Å². The summed E-state index contributed by atoms with van der Waals surface area (Å²) in [6.07, 6.45) is 6.03. The summed E-state index contributed by atoms with van der Waals surface area (Å²) in [5.74, 6) is 0.845. The second-order valence-corrected chi connectivity index (χ2v) is 5.28. The van der Waals surface area contributed by atoms with Crippen LogP contribution in [0, 0.1) is 0 Å². The van der Waals surface area contributed by atoms with E-state index in [0.717, 1.165) is 31.4 Å². The lowest BCUT2D eigenvalue weighted by Crippen LogP contribution is -2.32. The maximum absolute atomic E-state index is 10.1. The van der Waals surface area contributed by atoms with Crippen LogP contribution in [0.2, 0.25) is 0 Å². The van der Waals surface area contributed by atoms with Gasteiger partial charge in [0.05, 0.1) is 5.60 Å². The molecular formula is C13H18O2S. The fraction of sp³-hybridized carbons (Fsp3) is 0.538. The fourth-order valence-electron chi connectivity index (χ4n) is 2.07. The van der Waals surface area contributed by atoms with Crippen LogP contribution in [0.3, 0.4) is 0 Å². The van der Waals surface area contributed by atoms with Crippen LogP contribution in [0.15, 0.2) is 29.2 Å². The first-order valence-corrected chi connectivity index (χ1v) is 6.94. The number of thioether (sulfide) groups is 1. The Kier molecular flexibility index (Phi) is 3.77. The first-order valence-electron chi connectivity index (χ1n) is 5.71. The highest BCUT2D eigenvalue weighted by atomic mass is 32.2. The zero-order valence-electron chi connectivity index (χ0n) is 9.61. The van der Waals surface area contributed by atoms with Crippen LogP contribution in [0.4, 0.5) is 0 Å². The monoisotopic (exact) mass is 238 g/mol. The molecule has 0 heterocycles. The molecule has 16 heavy (non-hydrogen) atoms. The Morgan fingerprint density at radius 3 is 2.44 bits per heavy atom. The van der Waals surface area contributed by atoms with E-state index in [2.05, 4.69) is 6.26 Å². The maximum atomic E-state index is 10.1. The quantitative estimate of drug-likeness (QED) is 0.817. The third-order valence-electron chi connectivity index (χ3n) is 3.10. The number of ether oxygens (including phenoxy) is 1. The van der Waals surface area contributed by atoms with E-state index in [1.807, 2.05) is 24.3 Å². The molecule has 2 rings (SSSR count). The number of hydrogen-bond donors (Lipinski definition) is 1. The van der Waals surface area contributed by atoms with E-state index < -0.39 is 5.60 Å². The molecule has 0 bridgehead atoms. The minimum Gasteiger partial charge on any atom is -0.491 e. The molecule has 1 N–H and O–H groups in total. The second kappa shape index (κ2) is 5.11. The van der Waals surface area contributed by atoms with Gasteiger partial charge in [0.2, 0.25) is 0 Å². The Labute approximate surface area is 101 Å². The zero-order valence-corrected chi connectivity index (χ0v) is 10.4. The molecule has 0 aromatic heterocycles. The van der Waals surface area contributed by atoms with Crippen molar-refractivity contribution in [3.63, 3.8) is 0 Å². The van der Waals surface area contributed by atoms with Gasteiger partial charge in [0.1, 0.15) is 12.4 Å². The van der Waals surface area contributed by atoms with Crippen molar-refractivity contribution in [2.75, 3.05) is 12.9 Å². The highest BCUT2D eigenvalue weighted by Crippen LogP contribution is 2.30. The molecule has 0 amide bonds. The predicted molar refractivity (Wildman–Crippen MR) is 67.1 cm³/mol. The van der Waals surface area contributed by atoms with Gasteiger partial charge in [0, 0.05) is 4.90 Å². The van der Waals surface area contributed by atoms with Gasteiger partial charge in [-0.05, 0) is 43.4 Å². The topological polar surface area (TPSA) is 29.5 Å². The Balaban J connectivity index is 1.89. The lowest BCUT2D eigenvalue weighted by Gasteiger charge is -2.22. The molecule has 0 saturated heterocycles. The highest BCUT2D eigenvalue weighted by Gasteiger charge is 2.31. The van der Waals surface area contributed by atoms with Crippen molar-refractivity contribution >= 4 is 11.8 Å². The molecule has 3 heteroatoms. The number of hydrogen-bond acceptors (Lipinski definition) is 3. The van der Waals surface area contributed by atoms with Gasteiger partial charge >= 0.3 is 0 Å². The van der Waals surface area contributed by atoms with Gasteiger partial charge in [0.25, 0.3) is 0 Å². The summed E-state index contributed by atoms with van der Waals surface area (Å²) in [6, 6.07) is 8.01. The average Bonchev–Trinajstić information content (AvgIpc) is 2.75. The normalized spacial score (nSPS) is 18.6. The van der Waals surface area contributed by atoms with Gasteiger partial charge in [-0.25, -0.2) is 0 Å². The summed E-state index contributed by atoms with van der Waals surface area (Å²) in [5, 5.41) is 10.1. The van der Waals surface area contributed by atoms with Crippen molar-refractivity contribution in [3.05, 3.63) is 24.3 Å². The van der Waals surface area contributed by atoms with E-state index in [9.17, 15) is 5.11 Å². The van der Waals surface area contributed by atoms with Crippen molar-refractivity contribution < 1.29 is 9.84 Å². The molecule has 1 saturated carbocycles. The van der Waals surface area contributed by atoms with E-state index in [-0.39, 0.29) is 0 Å². The molecule has 88 valence electrons. The molecule has 0 atom stereocenters. The SMILES string of the molecule is CSc1ccc(OCC2(O)CCCC2)cc1. The average molecular weight is 238 g/mol. The van der Waals surface area contributed by atoms with Gasteiger partial charge in [-0.2, -0.15) is 0 Å². The number of rotatable bonds is 4. The molecule has 1 aliphatic carbocycles. The first kappa shape index (κ1) is 11.8. The van der Waals surface area contributed by atoms with Crippen molar-refractivity contribution in [2.24, 2.45) is 0 Å². The molecule has 1 aromatic rings. The maximum Gasteiger partial charge on any atom is 0.119 e. The zero-order chi connectivity index (χ0) is 11.4. The minimum atomic E-state index is -0.585. The lowest BCUT2D eigenvalue weighted by atomic mass is 10.0. The standard InChI is InChI=1S/C13H18O2S/c1-16-12-6-4-11(5-7-12)15-10-13(14)8-2-3-9-13/h4-7,14H,2-3,8-10H2,1H3. The molecule has 0 aliphatic heterocycles. The molecule has 0 unspecified atom stereocenters. The molecule has 1 aliphatic rings. The number of aliphatic hydroxyl groups is 1. The Morgan fingerprint density at radius 2 is 1.88 bits per heavy atom. The van der Waals surface area contributed by atoms with Crippen LogP contribution in [0.25, 0.3) is 0 Å². The third kappa shape index (κ3) is 2.92.